The van der Waals surface area contributed by atoms with Crippen molar-refractivity contribution in [1.82, 2.24) is 15.3 Å². The third-order valence-electron chi connectivity index (χ3n) is 2.62. The Kier molecular flexibility index (Phi) is 5.05. The van der Waals surface area contributed by atoms with Crippen LogP contribution in [0, 0.1) is 13.8 Å². The first-order valence-electron chi connectivity index (χ1n) is 6.72. The highest BCUT2D eigenvalue weighted by Crippen LogP contribution is 2.20. The van der Waals surface area contributed by atoms with Gasteiger partial charge in [0.15, 0.2) is 5.11 Å². The molecule has 0 amide bonds. The number of aryl methyl sites for hydroxylation is 2. The Hall–Kier alpha value is -2.21. The number of nitrogens with zero attached hydrogens (tertiary/aromatic N) is 2. The molecule has 0 bridgehead atoms. The summed E-state index contributed by atoms with van der Waals surface area (Å²) in [4.78, 5) is 8.49. The molecule has 0 unspecified atom stereocenters. The van der Waals surface area contributed by atoms with Gasteiger partial charge in [0.1, 0.15) is 5.75 Å². The highest BCUT2D eigenvalue weighted by Gasteiger charge is 2.03. The molecule has 0 aliphatic rings. The highest BCUT2D eigenvalue weighted by molar-refractivity contribution is 7.80. The minimum Gasteiger partial charge on any atom is -0.424 e. The number of ether oxygens (including phenoxy) is 1. The average molecular weight is 302 g/mol. The fourth-order valence-corrected chi connectivity index (χ4v) is 2.05. The number of aromatic nitrogens is 2. The van der Waals surface area contributed by atoms with Crippen LogP contribution in [0.4, 0.5) is 5.69 Å². The van der Waals surface area contributed by atoms with Gasteiger partial charge in [0.25, 0.3) is 0 Å². The number of nitrogens with one attached hydrogen (secondary N) is 2. The molecule has 0 fully saturated rings. The summed E-state index contributed by atoms with van der Waals surface area (Å²) in [5, 5.41) is 6.72. The molecule has 2 rings (SSSR count). The zero-order valence-electron chi connectivity index (χ0n) is 12.3. The predicted molar refractivity (Wildman–Crippen MR) is 87.9 cm³/mol. The van der Waals surface area contributed by atoms with Crippen LogP contribution in [0.1, 0.15) is 18.3 Å². The maximum Gasteiger partial charge on any atom is 0.322 e. The summed E-state index contributed by atoms with van der Waals surface area (Å²) in [5.41, 5.74) is 2.66. The smallest absolute Gasteiger partial charge is 0.322 e. The molecular formula is C15H18N4OS. The van der Waals surface area contributed by atoms with E-state index in [1.165, 1.54) is 0 Å². The van der Waals surface area contributed by atoms with E-state index in [9.17, 15) is 0 Å². The lowest BCUT2D eigenvalue weighted by Gasteiger charge is -2.10. The third kappa shape index (κ3) is 4.68. The topological polar surface area (TPSA) is 59.1 Å². The van der Waals surface area contributed by atoms with Crippen molar-refractivity contribution < 1.29 is 4.74 Å². The summed E-state index contributed by atoms with van der Waals surface area (Å²) in [5.74, 6) is 0.680. The van der Waals surface area contributed by atoms with Crippen molar-refractivity contribution in [1.29, 1.82) is 0 Å². The Balaban J connectivity index is 2.03. The number of hydrogen-bond donors (Lipinski definition) is 2. The van der Waals surface area contributed by atoms with Gasteiger partial charge in [-0.25, -0.2) is 9.97 Å². The van der Waals surface area contributed by atoms with E-state index in [2.05, 4.69) is 20.6 Å². The van der Waals surface area contributed by atoms with E-state index in [0.717, 1.165) is 23.6 Å². The van der Waals surface area contributed by atoms with Gasteiger partial charge in [-0.3, -0.25) is 0 Å². The van der Waals surface area contributed by atoms with Gasteiger partial charge in [0, 0.05) is 23.6 Å². The largest absolute Gasteiger partial charge is 0.424 e. The monoisotopic (exact) mass is 302 g/mol. The standard InChI is InChI=1S/C15H18N4OS/c1-4-16-15(21)19-12-5-7-13(8-6-12)20-14-17-10(2)9-11(3)18-14/h5-9H,4H2,1-3H3,(H2,16,19,21). The van der Waals surface area contributed by atoms with Gasteiger partial charge in [-0.15, -0.1) is 0 Å². The fraction of sp³-hybridized carbons (Fsp3) is 0.267. The molecule has 110 valence electrons. The molecule has 0 atom stereocenters. The van der Waals surface area contributed by atoms with Crippen LogP contribution in [0.15, 0.2) is 30.3 Å². The van der Waals surface area contributed by atoms with Crippen molar-refractivity contribution in [3.8, 4) is 11.8 Å². The maximum atomic E-state index is 5.65. The number of anilines is 1. The first-order chi connectivity index (χ1) is 10.1. The second kappa shape index (κ2) is 6.99. The van der Waals surface area contributed by atoms with Gasteiger partial charge in [-0.1, -0.05) is 0 Å². The van der Waals surface area contributed by atoms with E-state index in [-0.39, 0.29) is 0 Å². The molecule has 0 saturated heterocycles. The number of benzene rings is 1. The first kappa shape index (κ1) is 15.2. The maximum absolute atomic E-state index is 5.65. The Bertz CT molecular complexity index is 608. The Labute approximate surface area is 129 Å². The summed E-state index contributed by atoms with van der Waals surface area (Å²) in [6, 6.07) is 9.73. The molecule has 21 heavy (non-hydrogen) atoms. The number of thiocarbonyl (C=S) groups is 1. The van der Waals surface area contributed by atoms with Crippen molar-refractivity contribution in [2.24, 2.45) is 0 Å². The second-order valence-corrected chi connectivity index (χ2v) is 4.95. The summed E-state index contributed by atoms with van der Waals surface area (Å²) < 4.78 is 5.65. The van der Waals surface area contributed by atoms with E-state index < -0.39 is 0 Å². The normalized spacial score (nSPS) is 10.0. The minimum absolute atomic E-state index is 0.358. The zero-order chi connectivity index (χ0) is 15.2. The van der Waals surface area contributed by atoms with Gasteiger partial charge >= 0.3 is 6.01 Å². The predicted octanol–water partition coefficient (Wildman–Crippen LogP) is 3.19. The van der Waals surface area contributed by atoms with Crippen LogP contribution in [0.3, 0.4) is 0 Å². The molecule has 1 aromatic heterocycles. The van der Waals surface area contributed by atoms with Gasteiger partial charge in [-0.2, -0.15) is 0 Å². The number of rotatable bonds is 4. The molecule has 0 saturated carbocycles. The van der Waals surface area contributed by atoms with E-state index in [1.807, 2.05) is 51.1 Å². The minimum atomic E-state index is 0.358. The highest BCUT2D eigenvalue weighted by atomic mass is 32.1. The van der Waals surface area contributed by atoms with Crippen LogP contribution in [0.5, 0.6) is 11.8 Å². The SMILES string of the molecule is CCNC(=S)Nc1ccc(Oc2nc(C)cc(C)n2)cc1. The lowest BCUT2D eigenvalue weighted by Crippen LogP contribution is -2.27. The first-order valence-corrected chi connectivity index (χ1v) is 7.12. The quantitative estimate of drug-likeness (QED) is 0.846. The van der Waals surface area contributed by atoms with Crippen molar-refractivity contribution in [2.45, 2.75) is 20.8 Å². The van der Waals surface area contributed by atoms with Gasteiger partial charge in [0.2, 0.25) is 0 Å². The lowest BCUT2D eigenvalue weighted by atomic mass is 10.3. The van der Waals surface area contributed by atoms with E-state index in [4.69, 9.17) is 17.0 Å². The molecule has 0 radical (unpaired) electrons. The Morgan fingerprint density at radius 2 is 1.76 bits per heavy atom. The van der Waals surface area contributed by atoms with Gasteiger partial charge in [0.05, 0.1) is 0 Å². The van der Waals surface area contributed by atoms with Crippen LogP contribution in [0.2, 0.25) is 0 Å². The van der Waals surface area contributed by atoms with Crippen molar-refractivity contribution >= 4 is 23.0 Å². The molecular weight excluding hydrogens is 284 g/mol. The summed E-state index contributed by atoms with van der Waals surface area (Å²) in [6.45, 7) is 6.61. The van der Waals surface area contributed by atoms with Crippen LogP contribution in [-0.4, -0.2) is 21.6 Å². The lowest BCUT2D eigenvalue weighted by molar-refractivity contribution is 0.439. The van der Waals surface area contributed by atoms with E-state index >= 15 is 0 Å². The number of hydrogen-bond acceptors (Lipinski definition) is 4. The molecule has 0 aliphatic heterocycles. The Morgan fingerprint density at radius 1 is 1.14 bits per heavy atom. The molecule has 5 nitrogen and oxygen atoms in total. The Morgan fingerprint density at radius 3 is 2.33 bits per heavy atom. The van der Waals surface area contributed by atoms with Gasteiger partial charge in [-0.05, 0) is 63.3 Å². The summed E-state index contributed by atoms with van der Waals surface area (Å²) in [6.07, 6.45) is 0. The van der Waals surface area contributed by atoms with Crippen molar-refractivity contribution in [2.75, 3.05) is 11.9 Å². The molecule has 2 aromatic rings. The molecule has 0 aliphatic carbocycles. The molecule has 6 heteroatoms. The zero-order valence-corrected chi connectivity index (χ0v) is 13.1. The molecule has 1 heterocycles. The van der Waals surface area contributed by atoms with Crippen LogP contribution >= 0.6 is 12.2 Å². The molecule has 1 aromatic carbocycles. The fourth-order valence-electron chi connectivity index (χ4n) is 1.79. The third-order valence-corrected chi connectivity index (χ3v) is 2.87. The van der Waals surface area contributed by atoms with E-state index in [1.54, 1.807) is 0 Å². The van der Waals surface area contributed by atoms with Crippen LogP contribution in [-0.2, 0) is 0 Å². The van der Waals surface area contributed by atoms with Crippen LogP contribution < -0.4 is 15.4 Å². The van der Waals surface area contributed by atoms with Crippen molar-refractivity contribution in [3.05, 3.63) is 41.7 Å². The average Bonchev–Trinajstić information content (AvgIpc) is 2.40. The summed E-state index contributed by atoms with van der Waals surface area (Å²) >= 11 is 5.13. The van der Waals surface area contributed by atoms with Gasteiger partial charge < -0.3 is 15.4 Å². The second-order valence-electron chi connectivity index (χ2n) is 4.54. The van der Waals surface area contributed by atoms with E-state index in [0.29, 0.717) is 16.9 Å². The molecule has 2 N–H and O–H groups in total. The van der Waals surface area contributed by atoms with Crippen LogP contribution in [0.25, 0.3) is 0 Å². The van der Waals surface area contributed by atoms with Crippen molar-refractivity contribution in [3.63, 3.8) is 0 Å². The summed E-state index contributed by atoms with van der Waals surface area (Å²) in [7, 11) is 0. The molecule has 0 spiro atoms.